The molecule has 1 aromatic heterocycles. The smallest absolute Gasteiger partial charge is 0.233 e. The van der Waals surface area contributed by atoms with Gasteiger partial charge in [0.2, 0.25) is 17.8 Å². The zero-order valence-corrected chi connectivity index (χ0v) is 19.5. The highest BCUT2D eigenvalue weighted by Crippen LogP contribution is 2.33. The Bertz CT molecular complexity index is 996. The summed E-state index contributed by atoms with van der Waals surface area (Å²) in [7, 11) is 0. The van der Waals surface area contributed by atoms with Gasteiger partial charge in [0, 0.05) is 45.2 Å². The predicted octanol–water partition coefficient (Wildman–Crippen LogP) is 2.69. The molecule has 10 heteroatoms. The molecule has 0 radical (unpaired) electrons. The molecule has 32 heavy (non-hydrogen) atoms. The molecule has 170 valence electrons. The van der Waals surface area contributed by atoms with E-state index in [1.54, 1.807) is 0 Å². The van der Waals surface area contributed by atoms with Gasteiger partial charge in [-0.1, -0.05) is 35.5 Å². The Kier molecular flexibility index (Phi) is 6.28. The van der Waals surface area contributed by atoms with E-state index in [0.717, 1.165) is 50.4 Å². The summed E-state index contributed by atoms with van der Waals surface area (Å²) in [6, 6.07) is 7.65. The van der Waals surface area contributed by atoms with Gasteiger partial charge in [0.15, 0.2) is 5.16 Å². The Balaban J connectivity index is 1.27. The number of hydrogen-bond acceptors (Lipinski definition) is 6. The molecule has 0 unspecified atom stereocenters. The maximum Gasteiger partial charge on any atom is 0.233 e. The lowest BCUT2D eigenvalue weighted by Crippen LogP contribution is -2.51. The number of hydrogen-bond donors (Lipinski definition) is 0. The Labute approximate surface area is 196 Å². The first-order valence-electron chi connectivity index (χ1n) is 11.3. The van der Waals surface area contributed by atoms with Crippen LogP contribution in [0.25, 0.3) is 5.69 Å². The number of halogens is 1. The van der Waals surface area contributed by atoms with Crippen molar-refractivity contribution in [3.05, 3.63) is 29.3 Å². The van der Waals surface area contributed by atoms with E-state index >= 15 is 0 Å². The number of nitrogens with zero attached hydrogens (tertiary/aromatic N) is 6. The predicted molar refractivity (Wildman–Crippen MR) is 124 cm³/mol. The minimum Gasteiger partial charge on any atom is -0.341 e. The summed E-state index contributed by atoms with van der Waals surface area (Å²) in [6.45, 7) is 4.32. The third-order valence-electron chi connectivity index (χ3n) is 6.29. The summed E-state index contributed by atoms with van der Waals surface area (Å²) >= 11 is 7.89. The molecule has 2 aliphatic heterocycles. The first-order chi connectivity index (χ1) is 15.6. The average molecular weight is 475 g/mol. The number of rotatable bonds is 6. The van der Waals surface area contributed by atoms with Gasteiger partial charge < -0.3 is 14.7 Å². The number of amides is 2. The third kappa shape index (κ3) is 4.45. The van der Waals surface area contributed by atoms with E-state index in [-0.39, 0.29) is 23.5 Å². The van der Waals surface area contributed by atoms with Crippen molar-refractivity contribution >= 4 is 41.1 Å². The Morgan fingerprint density at radius 2 is 1.66 bits per heavy atom. The largest absolute Gasteiger partial charge is 0.341 e. The third-order valence-corrected chi connectivity index (χ3v) is 7.53. The monoisotopic (exact) mass is 474 g/mol. The number of carbonyl (C=O) groups excluding carboxylic acids is 2. The Hall–Kier alpha value is -2.26. The normalized spacial score (nSPS) is 19.0. The number of thioether (sulfide) groups is 1. The van der Waals surface area contributed by atoms with Crippen LogP contribution in [-0.2, 0) is 9.59 Å². The summed E-state index contributed by atoms with van der Waals surface area (Å²) in [5, 5.41) is 10.1. The average Bonchev–Trinajstić information content (AvgIpc) is 3.36. The van der Waals surface area contributed by atoms with E-state index in [9.17, 15) is 9.59 Å². The molecule has 1 aromatic carbocycles. The van der Waals surface area contributed by atoms with Crippen molar-refractivity contribution in [2.24, 2.45) is 5.92 Å². The molecule has 8 nitrogen and oxygen atoms in total. The quantitative estimate of drug-likeness (QED) is 0.599. The molecular formula is C22H27ClN6O2S. The van der Waals surface area contributed by atoms with Gasteiger partial charge in [0.1, 0.15) is 0 Å². The second kappa shape index (κ2) is 9.31. The van der Waals surface area contributed by atoms with E-state index in [1.165, 1.54) is 11.8 Å². The molecule has 1 aliphatic carbocycles. The van der Waals surface area contributed by atoms with Crippen molar-refractivity contribution in [3.8, 4) is 5.69 Å². The molecule has 2 amide bonds. The highest BCUT2D eigenvalue weighted by atomic mass is 35.5. The highest BCUT2D eigenvalue weighted by Gasteiger charge is 2.35. The van der Waals surface area contributed by atoms with E-state index in [2.05, 4.69) is 15.1 Å². The zero-order valence-electron chi connectivity index (χ0n) is 18.0. The number of anilines is 1. The molecule has 5 rings (SSSR count). The fourth-order valence-electron chi connectivity index (χ4n) is 4.30. The van der Waals surface area contributed by atoms with Crippen molar-refractivity contribution in [1.82, 2.24) is 24.6 Å². The molecule has 3 aliphatic rings. The van der Waals surface area contributed by atoms with Gasteiger partial charge in [-0.05, 0) is 37.8 Å². The number of carbonyl (C=O) groups is 2. The van der Waals surface area contributed by atoms with Crippen LogP contribution < -0.4 is 4.90 Å². The van der Waals surface area contributed by atoms with Gasteiger partial charge in [-0.15, -0.1) is 10.2 Å². The number of aromatic nitrogens is 3. The van der Waals surface area contributed by atoms with Crippen LogP contribution in [0, 0.1) is 5.92 Å². The van der Waals surface area contributed by atoms with Crippen LogP contribution in [0.2, 0.25) is 5.02 Å². The number of benzene rings is 1. The van der Waals surface area contributed by atoms with Crippen LogP contribution in [0.4, 0.5) is 5.95 Å². The lowest BCUT2D eigenvalue weighted by atomic mass is 10.2. The Morgan fingerprint density at radius 3 is 2.34 bits per heavy atom. The standard InChI is InChI=1S/C22H27ClN6O2S/c23-17-5-1-2-6-18(17)29-21(28-9-3-4-10-28)24-25-22(29)32-15-19(30)26-11-13-27(14-12-26)20(31)16-7-8-16/h1-2,5-6,16H,3-4,7-15H2. The summed E-state index contributed by atoms with van der Waals surface area (Å²) in [5.74, 6) is 1.60. The molecule has 0 atom stereocenters. The fourth-order valence-corrected chi connectivity index (χ4v) is 5.37. The number of para-hydroxylation sites is 1. The topological polar surface area (TPSA) is 74.6 Å². The van der Waals surface area contributed by atoms with E-state index in [0.29, 0.717) is 36.4 Å². The molecule has 1 saturated carbocycles. The van der Waals surface area contributed by atoms with Gasteiger partial charge in [0.05, 0.1) is 16.5 Å². The van der Waals surface area contributed by atoms with Crippen LogP contribution in [0.1, 0.15) is 25.7 Å². The van der Waals surface area contributed by atoms with Crippen molar-refractivity contribution < 1.29 is 9.59 Å². The molecule has 2 saturated heterocycles. The molecule has 0 N–H and O–H groups in total. The minimum atomic E-state index is 0.0601. The van der Waals surface area contributed by atoms with E-state index in [1.807, 2.05) is 38.6 Å². The van der Waals surface area contributed by atoms with Gasteiger partial charge in [-0.25, -0.2) is 0 Å². The van der Waals surface area contributed by atoms with Crippen molar-refractivity contribution in [3.63, 3.8) is 0 Å². The van der Waals surface area contributed by atoms with Gasteiger partial charge in [-0.3, -0.25) is 14.2 Å². The zero-order chi connectivity index (χ0) is 22.1. The maximum absolute atomic E-state index is 12.9. The summed E-state index contributed by atoms with van der Waals surface area (Å²) in [5.41, 5.74) is 0.822. The van der Waals surface area contributed by atoms with Crippen molar-refractivity contribution in [2.45, 2.75) is 30.8 Å². The van der Waals surface area contributed by atoms with Crippen LogP contribution >= 0.6 is 23.4 Å². The number of piperazine rings is 1. The highest BCUT2D eigenvalue weighted by molar-refractivity contribution is 7.99. The summed E-state index contributed by atoms with van der Waals surface area (Å²) in [6.07, 6.45) is 4.29. The lowest BCUT2D eigenvalue weighted by molar-refractivity contribution is -0.139. The van der Waals surface area contributed by atoms with Crippen LogP contribution in [0.3, 0.4) is 0 Å². The van der Waals surface area contributed by atoms with Gasteiger partial charge in [0.25, 0.3) is 0 Å². The molecule has 3 heterocycles. The SMILES string of the molecule is O=C(CSc1nnc(N2CCCC2)n1-c1ccccc1Cl)N1CCN(C(=O)C2CC2)CC1. The van der Waals surface area contributed by atoms with Crippen molar-refractivity contribution in [1.29, 1.82) is 0 Å². The first kappa shape index (κ1) is 21.6. The van der Waals surface area contributed by atoms with Gasteiger partial charge >= 0.3 is 0 Å². The second-order valence-corrected chi connectivity index (χ2v) is 9.88. The summed E-state index contributed by atoms with van der Waals surface area (Å²) in [4.78, 5) is 31.1. The molecule has 0 bridgehead atoms. The van der Waals surface area contributed by atoms with Crippen LogP contribution in [-0.4, -0.2) is 81.4 Å². The van der Waals surface area contributed by atoms with Crippen molar-refractivity contribution in [2.75, 3.05) is 49.9 Å². The van der Waals surface area contributed by atoms with E-state index in [4.69, 9.17) is 11.6 Å². The fraction of sp³-hybridized carbons (Fsp3) is 0.545. The summed E-state index contributed by atoms with van der Waals surface area (Å²) < 4.78 is 1.97. The van der Waals surface area contributed by atoms with E-state index < -0.39 is 0 Å². The first-order valence-corrected chi connectivity index (χ1v) is 12.6. The minimum absolute atomic E-state index is 0.0601. The van der Waals surface area contributed by atoms with Crippen LogP contribution in [0.15, 0.2) is 29.4 Å². The second-order valence-electron chi connectivity index (χ2n) is 8.53. The maximum atomic E-state index is 12.9. The lowest BCUT2D eigenvalue weighted by Gasteiger charge is -2.34. The molecule has 2 aromatic rings. The van der Waals surface area contributed by atoms with Gasteiger partial charge in [-0.2, -0.15) is 0 Å². The Morgan fingerprint density at radius 1 is 0.969 bits per heavy atom. The van der Waals surface area contributed by atoms with Crippen LogP contribution in [0.5, 0.6) is 0 Å². The molecular weight excluding hydrogens is 448 g/mol. The molecule has 0 spiro atoms. The molecule has 3 fully saturated rings.